The Morgan fingerprint density at radius 1 is 0.944 bits per heavy atom. The zero-order valence-electron chi connectivity index (χ0n) is 19.4. The molecular weight excluding hydrogens is 575 g/mol. The minimum Gasteiger partial charge on any atom is -0.735 e. The molecule has 194 valence electrons. The number of hydrogen-bond donors (Lipinski definition) is 5. The zero-order valence-corrected chi connectivity index (χ0v) is 27.0. The number of nitrogens with one attached hydrogen (secondary N) is 1. The van der Waals surface area contributed by atoms with Gasteiger partial charge in [0.1, 0.15) is 42.7 Å². The Kier molecular flexibility index (Phi) is 18.2. The minimum atomic E-state index is -5.61. The van der Waals surface area contributed by atoms with Crippen LogP contribution in [0.3, 0.4) is 0 Å². The van der Waals surface area contributed by atoms with Crippen molar-refractivity contribution in [3.8, 4) is 0 Å². The van der Waals surface area contributed by atoms with E-state index in [-0.39, 0.29) is 88.7 Å². The molecule has 0 aromatic heterocycles. The fourth-order valence-corrected chi connectivity index (χ4v) is 4.32. The van der Waals surface area contributed by atoms with Crippen LogP contribution in [0, 0.1) is 0 Å². The second kappa shape index (κ2) is 16.4. The fourth-order valence-electron chi connectivity index (χ4n) is 3.26. The van der Waals surface area contributed by atoms with E-state index < -0.39 is 94.6 Å². The Bertz CT molecular complexity index is 909. The number of carboxylic acids is 1. The average Bonchev–Trinajstić information content (AvgIpc) is 2.68. The molecule has 23 heteroatoms. The van der Waals surface area contributed by atoms with E-state index in [1.54, 1.807) is 0 Å². The van der Waals surface area contributed by atoms with E-state index in [2.05, 4.69) is 4.18 Å². The molecular formula is C13H20NNa3O17S2. The quantitative estimate of drug-likeness (QED) is 0.0939. The van der Waals surface area contributed by atoms with E-state index in [0.29, 0.717) is 0 Å². The van der Waals surface area contributed by atoms with E-state index in [0.717, 1.165) is 7.11 Å². The number of ether oxygens (including phenoxy) is 4. The second-order valence-electron chi connectivity index (χ2n) is 6.84. The van der Waals surface area contributed by atoms with Crippen LogP contribution in [0.15, 0.2) is 0 Å². The Balaban J connectivity index is 0. The monoisotopic (exact) mass is 595 g/mol. The number of carbonyl (C=O) groups is 1. The Morgan fingerprint density at radius 3 is 1.92 bits per heavy atom. The second-order valence-corrected chi connectivity index (χ2v) is 9.00. The fraction of sp³-hybridized carbons (Fsp3) is 0.923. The molecule has 36 heavy (non-hydrogen) atoms. The summed E-state index contributed by atoms with van der Waals surface area (Å²) in [5.74, 6) is -2.10. The number of carboxylic acid groups (broad SMARTS) is 1. The molecule has 2 rings (SSSR count). The summed E-state index contributed by atoms with van der Waals surface area (Å²) in [4.78, 5) is 11.2. The van der Waals surface area contributed by atoms with Crippen LogP contribution in [0.1, 0.15) is 0 Å². The molecule has 2 fully saturated rings. The van der Waals surface area contributed by atoms with Gasteiger partial charge >= 0.3 is 88.7 Å². The van der Waals surface area contributed by atoms with Crippen molar-refractivity contribution in [2.75, 3.05) is 13.7 Å². The van der Waals surface area contributed by atoms with E-state index in [9.17, 15) is 56.3 Å². The van der Waals surface area contributed by atoms with Gasteiger partial charge in [-0.1, -0.05) is 0 Å². The summed E-state index contributed by atoms with van der Waals surface area (Å²) in [5, 5.41) is 51.2. The van der Waals surface area contributed by atoms with Crippen LogP contribution in [0.4, 0.5) is 0 Å². The van der Waals surface area contributed by atoms with Gasteiger partial charge in [-0.2, -0.15) is 0 Å². The number of rotatable bonds is 9. The van der Waals surface area contributed by atoms with Crippen LogP contribution in [0.2, 0.25) is 0 Å². The molecule has 0 aromatic carbocycles. The number of aliphatic carboxylic acids is 1. The molecule has 0 unspecified atom stereocenters. The SMILES string of the molecule is CO[C@H]1O[C@H](CO)[C@@H](O[C@@H]2O[C@@H](C(=O)[O-])[C@@H](O)[C@H](O)[C@H]2OS(=O)(=O)[O-])[C@H](O)[C@H]1NS(=O)(=O)[O-].[Na+].[Na+].[Na+]. The molecule has 0 bridgehead atoms. The van der Waals surface area contributed by atoms with Crippen LogP contribution in [-0.2, 0) is 48.6 Å². The Hall–Kier alpha value is 1.89. The van der Waals surface area contributed by atoms with Crippen molar-refractivity contribution in [1.82, 2.24) is 4.72 Å². The van der Waals surface area contributed by atoms with Gasteiger partial charge in [-0.25, -0.2) is 21.6 Å². The number of carbonyl (C=O) groups excluding carboxylic acids is 1. The topological polar surface area (TPSA) is 294 Å². The van der Waals surface area contributed by atoms with Gasteiger partial charge in [0.05, 0.1) is 12.6 Å². The largest absolute Gasteiger partial charge is 1.00 e. The molecule has 2 aliphatic rings. The van der Waals surface area contributed by atoms with Gasteiger partial charge in [-0.05, 0) is 0 Å². The smallest absolute Gasteiger partial charge is 0.735 e. The molecule has 2 saturated heterocycles. The molecule has 0 saturated carbocycles. The summed E-state index contributed by atoms with van der Waals surface area (Å²) in [6.07, 6.45) is -19.2. The molecule has 5 N–H and O–H groups in total. The van der Waals surface area contributed by atoms with Crippen molar-refractivity contribution in [3.63, 3.8) is 0 Å². The average molecular weight is 595 g/mol. The van der Waals surface area contributed by atoms with Crippen molar-refractivity contribution >= 4 is 26.7 Å². The van der Waals surface area contributed by atoms with Crippen molar-refractivity contribution in [2.45, 2.75) is 61.3 Å². The predicted octanol–water partition coefficient (Wildman–Crippen LogP) is -16.4. The first-order chi connectivity index (χ1) is 15.1. The molecule has 18 nitrogen and oxygen atoms in total. The van der Waals surface area contributed by atoms with Crippen molar-refractivity contribution in [1.29, 1.82) is 0 Å². The van der Waals surface area contributed by atoms with Gasteiger partial charge in [-0.3, -0.25) is 4.18 Å². The van der Waals surface area contributed by atoms with Crippen molar-refractivity contribution < 1.29 is 168 Å². The Morgan fingerprint density at radius 2 is 1.50 bits per heavy atom. The standard InChI is InChI=1S/C13H23NO17S2.3Na/c1-27-12-4(14-32(21,22)23)5(16)8(3(2-15)28-12)29-13-10(31-33(24,25)26)7(18)6(17)9(30-13)11(19)20;;;/h3-10,12-18H,2H2,1H3,(H,19,20)(H,21,22,23)(H,24,25,26);;;/q;3*+1/p-3/t3-,4-,5-,6+,7+,8-,9-,10-,12+,13-;;;/m1.../s1. The van der Waals surface area contributed by atoms with E-state index in [4.69, 9.17) is 18.9 Å². The summed E-state index contributed by atoms with van der Waals surface area (Å²) < 4.78 is 91.9. The van der Waals surface area contributed by atoms with Crippen LogP contribution in [-0.4, -0.2) is 127 Å². The number of hydrogen-bond acceptors (Lipinski definition) is 17. The molecule has 0 aromatic rings. The van der Waals surface area contributed by atoms with Gasteiger partial charge in [-0.15, -0.1) is 0 Å². The summed E-state index contributed by atoms with van der Waals surface area (Å²) in [5.41, 5.74) is 0. The molecule has 2 aliphatic heterocycles. The maximum absolute atomic E-state index is 11.2. The maximum Gasteiger partial charge on any atom is 1.00 e. The van der Waals surface area contributed by atoms with E-state index in [1.165, 1.54) is 4.72 Å². The molecule has 0 radical (unpaired) electrons. The van der Waals surface area contributed by atoms with Crippen molar-refractivity contribution in [3.05, 3.63) is 0 Å². The molecule has 0 amide bonds. The van der Waals surface area contributed by atoms with Gasteiger partial charge in [0, 0.05) is 7.11 Å². The van der Waals surface area contributed by atoms with Crippen LogP contribution >= 0.6 is 0 Å². The van der Waals surface area contributed by atoms with Crippen LogP contribution in [0.5, 0.6) is 0 Å². The summed E-state index contributed by atoms with van der Waals surface area (Å²) >= 11 is 0. The first kappa shape index (κ1) is 40.0. The normalized spacial score (nSPS) is 37.1. The van der Waals surface area contributed by atoms with Crippen LogP contribution < -0.4 is 98.5 Å². The van der Waals surface area contributed by atoms with E-state index in [1.807, 2.05) is 0 Å². The third-order valence-electron chi connectivity index (χ3n) is 4.66. The van der Waals surface area contributed by atoms with Gasteiger partial charge in [0.25, 0.3) is 0 Å². The molecule has 10 atom stereocenters. The molecule has 0 spiro atoms. The van der Waals surface area contributed by atoms with Gasteiger partial charge in [0.15, 0.2) is 29.0 Å². The van der Waals surface area contributed by atoms with Crippen LogP contribution in [0.25, 0.3) is 0 Å². The predicted molar refractivity (Wildman–Crippen MR) is 90.5 cm³/mol. The minimum absolute atomic E-state index is 0. The molecule has 0 aliphatic carbocycles. The van der Waals surface area contributed by atoms with Gasteiger partial charge < -0.3 is 58.4 Å². The number of methoxy groups -OCH3 is 1. The summed E-state index contributed by atoms with van der Waals surface area (Å²) in [7, 11) is -9.84. The van der Waals surface area contributed by atoms with Gasteiger partial charge in [0.2, 0.25) is 10.4 Å². The molecule has 2 heterocycles. The summed E-state index contributed by atoms with van der Waals surface area (Å²) in [6, 6.07) is -1.87. The summed E-state index contributed by atoms with van der Waals surface area (Å²) in [6.45, 7) is -0.967. The Labute approximate surface area is 271 Å². The number of aliphatic hydroxyl groups excluding tert-OH is 4. The third kappa shape index (κ3) is 10.7. The maximum atomic E-state index is 11.2. The first-order valence-electron chi connectivity index (χ1n) is 8.82. The first-order valence-corrected chi connectivity index (χ1v) is 11.6. The van der Waals surface area contributed by atoms with Crippen molar-refractivity contribution in [2.24, 2.45) is 0 Å². The third-order valence-corrected chi connectivity index (χ3v) is 5.68. The zero-order chi connectivity index (χ0) is 25.3. The number of aliphatic hydroxyl groups is 4. The van der Waals surface area contributed by atoms with E-state index >= 15 is 0 Å².